The van der Waals surface area contributed by atoms with Gasteiger partial charge in [-0.3, -0.25) is 14.4 Å². The lowest BCUT2D eigenvalue weighted by molar-refractivity contribution is -0.132. The van der Waals surface area contributed by atoms with Gasteiger partial charge >= 0.3 is 0 Å². The zero-order valence-corrected chi connectivity index (χ0v) is 17.7. The minimum absolute atomic E-state index is 0.0376. The van der Waals surface area contributed by atoms with Crippen molar-refractivity contribution in [1.29, 1.82) is 0 Å². The van der Waals surface area contributed by atoms with Crippen LogP contribution in [0.15, 0.2) is 16.9 Å². The van der Waals surface area contributed by atoms with Crippen LogP contribution in [0, 0.1) is 6.92 Å². The van der Waals surface area contributed by atoms with Gasteiger partial charge in [-0.15, -0.1) is 11.3 Å². The van der Waals surface area contributed by atoms with Gasteiger partial charge in [0.1, 0.15) is 5.82 Å². The Labute approximate surface area is 173 Å². The molecule has 0 saturated carbocycles. The molecule has 4 rings (SSSR count). The number of nitrogens with one attached hydrogen (secondary N) is 1. The van der Waals surface area contributed by atoms with Gasteiger partial charge in [-0.25, -0.2) is 4.98 Å². The lowest BCUT2D eigenvalue weighted by atomic mass is 10.1. The molecule has 2 amide bonds. The highest BCUT2D eigenvalue weighted by molar-refractivity contribution is 7.13. The molecule has 7 nitrogen and oxygen atoms in total. The van der Waals surface area contributed by atoms with Gasteiger partial charge in [-0.2, -0.15) is 0 Å². The molecule has 154 valence electrons. The quantitative estimate of drug-likeness (QED) is 0.834. The molecule has 1 unspecified atom stereocenters. The molecular formula is C21H26N4O3S. The molecule has 1 fully saturated rings. The second kappa shape index (κ2) is 8.10. The number of thiophene rings is 1. The smallest absolute Gasteiger partial charge is 0.264 e. The van der Waals surface area contributed by atoms with E-state index in [4.69, 9.17) is 4.98 Å². The molecule has 1 saturated heterocycles. The largest absolute Gasteiger partial charge is 0.333 e. The van der Waals surface area contributed by atoms with Crippen LogP contribution in [0.2, 0.25) is 0 Å². The van der Waals surface area contributed by atoms with Crippen LogP contribution >= 0.6 is 11.3 Å². The number of aromatic nitrogens is 2. The first-order valence-electron chi connectivity index (χ1n) is 10.2. The van der Waals surface area contributed by atoms with Gasteiger partial charge in [-0.05, 0) is 38.3 Å². The van der Waals surface area contributed by atoms with Crippen molar-refractivity contribution in [2.24, 2.45) is 0 Å². The average Bonchev–Trinajstić information content (AvgIpc) is 3.36. The van der Waals surface area contributed by atoms with Crippen molar-refractivity contribution in [3.63, 3.8) is 0 Å². The lowest BCUT2D eigenvalue weighted by Gasteiger charge is -2.29. The third-order valence-electron chi connectivity index (χ3n) is 5.68. The third-order valence-corrected chi connectivity index (χ3v) is 6.67. The van der Waals surface area contributed by atoms with Crippen molar-refractivity contribution in [2.75, 3.05) is 13.1 Å². The molecule has 2 aromatic rings. The number of amides is 2. The number of likely N-dealkylation sites (tertiary alicyclic amines) is 1. The number of fused-ring (bicyclic) bond motifs is 1. The normalized spacial score (nSPS) is 18.8. The van der Waals surface area contributed by atoms with Gasteiger partial charge in [-0.1, -0.05) is 6.92 Å². The summed E-state index contributed by atoms with van der Waals surface area (Å²) in [6.45, 7) is 5.50. The van der Waals surface area contributed by atoms with Crippen molar-refractivity contribution in [1.82, 2.24) is 19.8 Å². The van der Waals surface area contributed by atoms with Crippen molar-refractivity contribution in [2.45, 2.75) is 58.5 Å². The van der Waals surface area contributed by atoms with E-state index in [0.29, 0.717) is 42.2 Å². The number of carbonyl (C=O) groups is 2. The maximum atomic E-state index is 12.8. The second-order valence-electron chi connectivity index (χ2n) is 7.76. The second-order valence-corrected chi connectivity index (χ2v) is 9.05. The van der Waals surface area contributed by atoms with Crippen molar-refractivity contribution >= 4 is 23.2 Å². The molecule has 2 aliphatic rings. The number of nitrogens with zero attached hydrogens (tertiary/aromatic N) is 3. The number of rotatable bonds is 4. The van der Waals surface area contributed by atoms with Crippen LogP contribution in [-0.2, 0) is 17.8 Å². The van der Waals surface area contributed by atoms with E-state index < -0.39 is 0 Å². The molecule has 0 radical (unpaired) electrons. The Hall–Kier alpha value is -2.48. The van der Waals surface area contributed by atoms with Crippen molar-refractivity contribution in [3.05, 3.63) is 49.3 Å². The number of carbonyl (C=O) groups excluding carboxylic acids is 2. The van der Waals surface area contributed by atoms with Gasteiger partial charge in [0.15, 0.2) is 0 Å². The molecule has 1 N–H and O–H groups in total. The predicted molar refractivity (Wildman–Crippen MR) is 111 cm³/mol. The Morgan fingerprint density at radius 3 is 2.86 bits per heavy atom. The maximum absolute atomic E-state index is 12.8. The Bertz CT molecular complexity index is 996. The number of H-pyrrole nitrogens is 1. The monoisotopic (exact) mass is 414 g/mol. The first kappa shape index (κ1) is 19.8. The fourth-order valence-corrected chi connectivity index (χ4v) is 5.02. The maximum Gasteiger partial charge on any atom is 0.264 e. The molecule has 4 heterocycles. The van der Waals surface area contributed by atoms with Crippen LogP contribution in [-0.4, -0.2) is 44.7 Å². The molecule has 29 heavy (non-hydrogen) atoms. The number of aryl methyl sites for hydroxylation is 1. The first-order chi connectivity index (χ1) is 14.0. The molecule has 0 bridgehead atoms. The summed E-state index contributed by atoms with van der Waals surface area (Å²) < 4.78 is 0. The standard InChI is InChI=1S/C21H26N4O3S/c1-3-5-18(26)25-10-4-6-16(25)19-22-15-9-11-24(12-14(15)20(27)23-19)21(28)17-8-7-13(2)29-17/h7-8,16H,3-6,9-12H2,1-2H3,(H,22,23,27). The first-order valence-corrected chi connectivity index (χ1v) is 11.1. The van der Waals surface area contributed by atoms with E-state index in [9.17, 15) is 14.4 Å². The SMILES string of the molecule is CCCC(=O)N1CCCC1c1nc2c(c(=O)[nH]1)CN(C(=O)c1ccc(C)s1)CC2. The van der Waals surface area contributed by atoms with Crippen molar-refractivity contribution < 1.29 is 9.59 Å². The zero-order chi connectivity index (χ0) is 20.5. The summed E-state index contributed by atoms with van der Waals surface area (Å²) in [5, 5.41) is 0. The highest BCUT2D eigenvalue weighted by Gasteiger charge is 2.33. The predicted octanol–water partition coefficient (Wildman–Crippen LogP) is 2.80. The zero-order valence-electron chi connectivity index (χ0n) is 16.9. The summed E-state index contributed by atoms with van der Waals surface area (Å²) >= 11 is 1.47. The summed E-state index contributed by atoms with van der Waals surface area (Å²) in [5.74, 6) is 0.673. The van der Waals surface area contributed by atoms with E-state index in [1.807, 2.05) is 30.9 Å². The van der Waals surface area contributed by atoms with Gasteiger partial charge in [0.2, 0.25) is 5.91 Å². The van der Waals surface area contributed by atoms with Crippen molar-refractivity contribution in [3.8, 4) is 0 Å². The van der Waals surface area contributed by atoms with Crippen LogP contribution in [0.3, 0.4) is 0 Å². The molecule has 0 spiro atoms. The molecule has 0 aromatic carbocycles. The summed E-state index contributed by atoms with van der Waals surface area (Å²) in [7, 11) is 0. The van der Waals surface area contributed by atoms with E-state index in [0.717, 1.165) is 29.8 Å². The van der Waals surface area contributed by atoms with E-state index in [-0.39, 0.29) is 30.0 Å². The third kappa shape index (κ3) is 3.85. The van der Waals surface area contributed by atoms with Crippen LogP contribution in [0.5, 0.6) is 0 Å². The number of hydrogen-bond donors (Lipinski definition) is 1. The van der Waals surface area contributed by atoms with Gasteiger partial charge < -0.3 is 14.8 Å². The highest BCUT2D eigenvalue weighted by Crippen LogP contribution is 2.31. The minimum atomic E-state index is -0.195. The topological polar surface area (TPSA) is 86.4 Å². The summed E-state index contributed by atoms with van der Waals surface area (Å²) in [6, 6.07) is 3.62. The Balaban J connectivity index is 1.56. The van der Waals surface area contributed by atoms with Crippen LogP contribution in [0.1, 0.15) is 70.3 Å². The summed E-state index contributed by atoms with van der Waals surface area (Å²) in [4.78, 5) is 51.0. The minimum Gasteiger partial charge on any atom is -0.333 e. The Kier molecular flexibility index (Phi) is 5.54. The Morgan fingerprint density at radius 2 is 2.14 bits per heavy atom. The van der Waals surface area contributed by atoms with Crippen LogP contribution < -0.4 is 5.56 Å². The summed E-state index contributed by atoms with van der Waals surface area (Å²) in [6.07, 6.45) is 3.62. The van der Waals surface area contributed by atoms with E-state index in [1.54, 1.807) is 4.90 Å². The molecule has 8 heteroatoms. The fourth-order valence-electron chi connectivity index (χ4n) is 4.19. The molecule has 0 aliphatic carbocycles. The summed E-state index contributed by atoms with van der Waals surface area (Å²) in [5.41, 5.74) is 1.12. The van der Waals surface area contributed by atoms with E-state index in [2.05, 4.69) is 4.98 Å². The molecule has 2 aromatic heterocycles. The van der Waals surface area contributed by atoms with Gasteiger partial charge in [0.05, 0.1) is 28.7 Å². The average molecular weight is 415 g/mol. The van der Waals surface area contributed by atoms with E-state index in [1.165, 1.54) is 11.3 Å². The molecule has 1 atom stereocenters. The highest BCUT2D eigenvalue weighted by atomic mass is 32.1. The Morgan fingerprint density at radius 1 is 1.31 bits per heavy atom. The number of hydrogen-bond acceptors (Lipinski definition) is 5. The lowest BCUT2D eigenvalue weighted by Crippen LogP contribution is -2.40. The molecular weight excluding hydrogens is 388 g/mol. The number of aromatic amines is 1. The van der Waals surface area contributed by atoms with Crippen LogP contribution in [0.25, 0.3) is 0 Å². The fraction of sp³-hybridized carbons (Fsp3) is 0.524. The van der Waals surface area contributed by atoms with Gasteiger partial charge in [0, 0.05) is 30.8 Å². The van der Waals surface area contributed by atoms with Gasteiger partial charge in [0.25, 0.3) is 11.5 Å². The molecule has 2 aliphatic heterocycles. The van der Waals surface area contributed by atoms with E-state index >= 15 is 0 Å². The van der Waals surface area contributed by atoms with Crippen LogP contribution in [0.4, 0.5) is 0 Å².